The molecule has 6 aromatic rings. The van der Waals surface area contributed by atoms with Crippen LogP contribution in [0.2, 0.25) is 0 Å². The average molecular weight is 711 g/mol. The van der Waals surface area contributed by atoms with Crippen LogP contribution in [0, 0.1) is 41.5 Å². The summed E-state index contributed by atoms with van der Waals surface area (Å²) < 4.78 is 0. The first-order chi connectivity index (χ1) is 26.7. The number of aryl methyl sites for hydroxylation is 6. The van der Waals surface area contributed by atoms with Crippen molar-refractivity contribution in [2.75, 3.05) is 0 Å². The first-order valence-corrected chi connectivity index (χ1v) is 18.9. The summed E-state index contributed by atoms with van der Waals surface area (Å²) in [5, 5.41) is 1.98. The second-order valence-corrected chi connectivity index (χ2v) is 14.9. The van der Waals surface area contributed by atoms with Gasteiger partial charge < -0.3 is 4.98 Å². The van der Waals surface area contributed by atoms with Gasteiger partial charge in [0.05, 0.1) is 34.2 Å². The average Bonchev–Trinajstić information content (AvgIpc) is 3.95. The van der Waals surface area contributed by atoms with E-state index in [0.717, 1.165) is 83.9 Å². The van der Waals surface area contributed by atoms with E-state index in [0.29, 0.717) is 0 Å². The molecular formula is C51H42N4. The fourth-order valence-electron chi connectivity index (χ4n) is 8.70. The molecule has 4 nitrogen and oxygen atoms in total. The summed E-state index contributed by atoms with van der Waals surface area (Å²) in [6.07, 6.45) is 8.57. The van der Waals surface area contributed by atoms with Crippen LogP contribution in [-0.2, 0) is 0 Å². The van der Waals surface area contributed by atoms with E-state index >= 15 is 0 Å². The number of nitrogens with zero attached hydrogens (tertiary/aromatic N) is 3. The molecule has 9 rings (SSSR count). The minimum absolute atomic E-state index is 0.871. The lowest BCUT2D eigenvalue weighted by Gasteiger charge is -2.19. The molecule has 0 atom stereocenters. The number of H-pyrrole nitrogens is 1. The molecule has 0 saturated heterocycles. The smallest absolute Gasteiger partial charge is 0.0738 e. The highest BCUT2D eigenvalue weighted by Crippen LogP contribution is 2.38. The van der Waals surface area contributed by atoms with Crippen molar-refractivity contribution < 1.29 is 0 Å². The van der Waals surface area contributed by atoms with Crippen LogP contribution in [-0.4, -0.2) is 21.4 Å². The van der Waals surface area contributed by atoms with Gasteiger partial charge in [0.15, 0.2) is 0 Å². The van der Waals surface area contributed by atoms with Crippen LogP contribution in [0.4, 0.5) is 0 Å². The number of aromatic amines is 1. The number of aromatic nitrogens is 2. The minimum Gasteiger partial charge on any atom is -0.354 e. The van der Waals surface area contributed by atoms with Crippen molar-refractivity contribution in [3.63, 3.8) is 0 Å². The highest BCUT2D eigenvalue weighted by atomic mass is 14.8. The van der Waals surface area contributed by atoms with E-state index < -0.39 is 0 Å². The van der Waals surface area contributed by atoms with Gasteiger partial charge in [0.2, 0.25) is 0 Å². The third-order valence-electron chi connectivity index (χ3n) is 10.8. The zero-order valence-electron chi connectivity index (χ0n) is 32.1. The fraction of sp³-hybridized carbons (Fsp3) is 0.118. The first-order valence-electron chi connectivity index (χ1n) is 18.9. The van der Waals surface area contributed by atoms with Crippen LogP contribution in [0.25, 0.3) is 22.3 Å². The maximum Gasteiger partial charge on any atom is 0.0738 e. The molecular weight excluding hydrogens is 669 g/mol. The summed E-state index contributed by atoms with van der Waals surface area (Å²) >= 11 is 0. The molecule has 0 radical (unpaired) electrons. The van der Waals surface area contributed by atoms with Gasteiger partial charge in [-0.1, -0.05) is 102 Å². The van der Waals surface area contributed by atoms with E-state index in [-0.39, 0.29) is 0 Å². The van der Waals surface area contributed by atoms with Gasteiger partial charge in [0.1, 0.15) is 0 Å². The molecule has 4 aromatic carbocycles. The molecule has 4 heteroatoms. The third kappa shape index (κ3) is 6.10. The van der Waals surface area contributed by atoms with E-state index in [2.05, 4.69) is 186 Å². The zero-order chi connectivity index (χ0) is 37.8. The SMILES string of the molecule is Cc1cc(C)c(C2=C3C=CC(=N3)C(c3ccccc3)=C3C=CC(=N3)C(c3ccccc3)=c3ccc([nH]3)=C(c3c(C)cc(C)cc3C)c3cccc2n3)c(C)c1. The summed E-state index contributed by atoms with van der Waals surface area (Å²) in [5.74, 6) is 0. The lowest BCUT2D eigenvalue weighted by atomic mass is 9.89. The number of pyridine rings is 1. The molecule has 5 heterocycles. The molecule has 0 fully saturated rings. The zero-order valence-corrected chi connectivity index (χ0v) is 32.1. The van der Waals surface area contributed by atoms with E-state index in [1.807, 2.05) is 0 Å². The number of rotatable bonds is 4. The standard InChI is InChI=1S/C51H42N4/c1-30-26-32(3)46(33(4)27-30)50-38-18-13-19-39(52-38)51(47-34(5)28-31(2)29-35(47)6)45-25-23-43(55-45)49(37-16-11-8-12-17-37)41-21-20-40(53-41)48(36-14-9-7-10-15-36)42-22-24-44(50)54-42/h7-29,54H,1-6H3. The Balaban J connectivity index is 1.46. The van der Waals surface area contributed by atoms with Crippen LogP contribution in [0.15, 0.2) is 161 Å². The molecule has 3 aliphatic heterocycles. The van der Waals surface area contributed by atoms with Crippen LogP contribution in [0.3, 0.4) is 0 Å². The van der Waals surface area contributed by atoms with Gasteiger partial charge in [-0.25, -0.2) is 15.0 Å². The Kier molecular flexibility index (Phi) is 8.47. The number of hydrogen-bond acceptors (Lipinski definition) is 3. The maximum absolute atomic E-state index is 5.60. The Morgan fingerprint density at radius 2 is 0.836 bits per heavy atom. The van der Waals surface area contributed by atoms with Crippen LogP contribution in [0.1, 0.15) is 67.0 Å². The fourth-order valence-corrected chi connectivity index (χ4v) is 8.70. The highest BCUT2D eigenvalue weighted by molar-refractivity contribution is 6.35. The summed E-state index contributed by atoms with van der Waals surface area (Å²) in [5.41, 5.74) is 21.2. The second kappa shape index (κ2) is 13.6. The number of benzene rings is 4. The quantitative estimate of drug-likeness (QED) is 0.195. The van der Waals surface area contributed by atoms with E-state index in [4.69, 9.17) is 15.0 Å². The molecule has 55 heavy (non-hydrogen) atoms. The Bertz CT molecular complexity index is 2840. The number of allylic oxidation sites excluding steroid dienone is 5. The van der Waals surface area contributed by atoms with Gasteiger partial charge in [-0.15, -0.1) is 0 Å². The van der Waals surface area contributed by atoms with Crippen LogP contribution in [0.5, 0.6) is 0 Å². The molecule has 2 aromatic heterocycles. The van der Waals surface area contributed by atoms with Gasteiger partial charge in [-0.3, -0.25) is 0 Å². The Morgan fingerprint density at radius 1 is 0.400 bits per heavy atom. The lowest BCUT2D eigenvalue weighted by molar-refractivity contribution is 1.17. The third-order valence-corrected chi connectivity index (χ3v) is 10.8. The molecule has 266 valence electrons. The molecule has 1 N–H and O–H groups in total. The maximum atomic E-state index is 5.60. The van der Waals surface area contributed by atoms with Crippen molar-refractivity contribution in [1.29, 1.82) is 0 Å². The Hall–Kier alpha value is -6.65. The molecule has 0 spiro atoms. The number of aliphatic imine (C=N–C) groups is 2. The number of nitrogens with one attached hydrogen (secondary N) is 1. The van der Waals surface area contributed by atoms with Crippen molar-refractivity contribution in [1.82, 2.24) is 9.97 Å². The molecule has 3 aliphatic rings. The van der Waals surface area contributed by atoms with E-state index in [1.54, 1.807) is 0 Å². The van der Waals surface area contributed by atoms with Crippen molar-refractivity contribution in [3.05, 3.63) is 229 Å². The largest absolute Gasteiger partial charge is 0.354 e. The van der Waals surface area contributed by atoms with Crippen molar-refractivity contribution in [3.8, 4) is 0 Å². The Labute approximate surface area is 322 Å². The predicted octanol–water partition coefficient (Wildman–Crippen LogP) is 9.91. The van der Waals surface area contributed by atoms with Gasteiger partial charge in [0.25, 0.3) is 0 Å². The van der Waals surface area contributed by atoms with E-state index in [9.17, 15) is 0 Å². The number of fused-ring (bicyclic) bond motifs is 6. The Morgan fingerprint density at radius 3 is 1.38 bits per heavy atom. The van der Waals surface area contributed by atoms with Crippen LogP contribution < -0.4 is 10.7 Å². The molecule has 0 aliphatic carbocycles. The highest BCUT2D eigenvalue weighted by Gasteiger charge is 2.25. The molecule has 0 saturated carbocycles. The topological polar surface area (TPSA) is 53.4 Å². The predicted molar refractivity (Wildman–Crippen MR) is 229 cm³/mol. The molecule has 0 amide bonds. The monoisotopic (exact) mass is 710 g/mol. The first kappa shape index (κ1) is 34.1. The van der Waals surface area contributed by atoms with Crippen molar-refractivity contribution in [2.45, 2.75) is 41.5 Å². The second-order valence-electron chi connectivity index (χ2n) is 14.9. The lowest BCUT2D eigenvalue weighted by Crippen LogP contribution is -2.20. The summed E-state index contributed by atoms with van der Waals surface area (Å²) in [4.78, 5) is 20.4. The normalized spacial score (nSPS) is 14.9. The van der Waals surface area contributed by atoms with Gasteiger partial charge in [-0.2, -0.15) is 0 Å². The van der Waals surface area contributed by atoms with Gasteiger partial charge in [-0.05, 0) is 135 Å². The van der Waals surface area contributed by atoms with Gasteiger partial charge >= 0.3 is 0 Å². The van der Waals surface area contributed by atoms with Crippen LogP contribution >= 0.6 is 0 Å². The van der Waals surface area contributed by atoms with Crippen molar-refractivity contribution in [2.24, 2.45) is 9.98 Å². The summed E-state index contributed by atoms with van der Waals surface area (Å²) in [6.45, 7) is 13.1. The van der Waals surface area contributed by atoms with E-state index in [1.165, 1.54) is 38.9 Å². The van der Waals surface area contributed by atoms with Gasteiger partial charge in [0, 0.05) is 33.0 Å². The molecule has 0 unspecified atom stereocenters. The molecule has 8 bridgehead atoms. The summed E-state index contributed by atoms with van der Waals surface area (Å²) in [6, 6.07) is 40.9. The number of hydrogen-bond donors (Lipinski definition) is 1. The summed E-state index contributed by atoms with van der Waals surface area (Å²) in [7, 11) is 0. The van der Waals surface area contributed by atoms with Crippen molar-refractivity contribution >= 4 is 33.7 Å². The minimum atomic E-state index is 0.871.